The van der Waals surface area contributed by atoms with Crippen LogP contribution in [-0.4, -0.2) is 39.2 Å². The number of nitrogens with zero attached hydrogens (tertiary/aromatic N) is 4. The molecule has 2 heterocycles. The second-order valence-corrected chi connectivity index (χ2v) is 7.04. The number of nitrogens with two attached hydrogens (primary N) is 1. The fraction of sp³-hybridized carbons (Fsp3) is 0.130. The quantitative estimate of drug-likeness (QED) is 0.469. The Hall–Kier alpha value is -4.40. The van der Waals surface area contributed by atoms with E-state index < -0.39 is 0 Å². The van der Waals surface area contributed by atoms with Crippen molar-refractivity contribution in [1.29, 1.82) is 0 Å². The smallest absolute Gasteiger partial charge is 0.339 e. The molecule has 162 valence electrons. The standard InChI is InChI=1S/C23H22N6O3/c1-14-8-10-16(12-18(14)32-3)28-20-21(24)26-13-27-22(20)29(23(28)31)17-7-5-4-6-15(17)9-11-19(30)25-2/h4-13H,1-3H3,(H,25,30)(H2,24,26,27). The van der Waals surface area contributed by atoms with Gasteiger partial charge in [-0.3, -0.25) is 9.36 Å². The molecule has 0 aliphatic heterocycles. The summed E-state index contributed by atoms with van der Waals surface area (Å²) in [6.07, 6.45) is 4.36. The highest BCUT2D eigenvalue weighted by molar-refractivity contribution is 5.92. The van der Waals surface area contributed by atoms with E-state index in [1.807, 2.05) is 37.3 Å². The first-order valence-corrected chi connectivity index (χ1v) is 9.84. The Labute approximate surface area is 183 Å². The van der Waals surface area contributed by atoms with Crippen molar-refractivity contribution in [1.82, 2.24) is 24.4 Å². The molecular formula is C23H22N6O3. The van der Waals surface area contributed by atoms with Gasteiger partial charge in [-0.15, -0.1) is 0 Å². The summed E-state index contributed by atoms with van der Waals surface area (Å²) in [7, 11) is 3.12. The number of nitrogens with one attached hydrogen (secondary N) is 1. The van der Waals surface area contributed by atoms with Crippen molar-refractivity contribution in [3.8, 4) is 17.1 Å². The lowest BCUT2D eigenvalue weighted by atomic mass is 10.1. The second kappa shape index (κ2) is 8.38. The van der Waals surface area contributed by atoms with Crippen molar-refractivity contribution in [2.24, 2.45) is 0 Å². The molecule has 0 unspecified atom stereocenters. The Kier molecular flexibility index (Phi) is 5.46. The molecule has 1 amide bonds. The van der Waals surface area contributed by atoms with Crippen LogP contribution in [0, 0.1) is 6.92 Å². The van der Waals surface area contributed by atoms with Gasteiger partial charge in [-0.25, -0.2) is 19.3 Å². The fourth-order valence-corrected chi connectivity index (χ4v) is 3.53. The van der Waals surface area contributed by atoms with Gasteiger partial charge in [0.05, 0.1) is 18.5 Å². The van der Waals surface area contributed by atoms with Gasteiger partial charge in [0.15, 0.2) is 11.5 Å². The molecule has 0 saturated carbocycles. The van der Waals surface area contributed by atoms with Crippen LogP contribution >= 0.6 is 0 Å². The number of fused-ring (bicyclic) bond motifs is 1. The van der Waals surface area contributed by atoms with Crippen LogP contribution in [0.2, 0.25) is 0 Å². The number of rotatable bonds is 5. The SMILES string of the molecule is CNC(=O)C=Cc1ccccc1-n1c(=O)n(-c2ccc(C)c(OC)c2)c2c(N)ncnc21. The van der Waals surface area contributed by atoms with E-state index in [-0.39, 0.29) is 17.4 Å². The second-order valence-electron chi connectivity index (χ2n) is 7.04. The number of amides is 1. The van der Waals surface area contributed by atoms with Crippen LogP contribution < -0.4 is 21.5 Å². The number of carbonyl (C=O) groups excluding carboxylic acids is 1. The summed E-state index contributed by atoms with van der Waals surface area (Å²) >= 11 is 0. The lowest BCUT2D eigenvalue weighted by Gasteiger charge is -2.09. The van der Waals surface area contributed by atoms with Crippen molar-refractivity contribution < 1.29 is 9.53 Å². The van der Waals surface area contributed by atoms with E-state index in [1.165, 1.54) is 21.5 Å². The van der Waals surface area contributed by atoms with E-state index in [0.29, 0.717) is 33.9 Å². The Morgan fingerprint density at radius 1 is 1.16 bits per heavy atom. The molecule has 2 aromatic heterocycles. The van der Waals surface area contributed by atoms with E-state index in [4.69, 9.17) is 10.5 Å². The number of ether oxygens (including phenoxy) is 1. The third-order valence-electron chi connectivity index (χ3n) is 5.14. The third-order valence-corrected chi connectivity index (χ3v) is 5.14. The summed E-state index contributed by atoms with van der Waals surface area (Å²) in [5.74, 6) is 0.552. The van der Waals surface area contributed by atoms with E-state index in [9.17, 15) is 9.59 Å². The van der Waals surface area contributed by atoms with Crippen LogP contribution in [0.25, 0.3) is 28.6 Å². The van der Waals surface area contributed by atoms with Crippen LogP contribution in [-0.2, 0) is 4.79 Å². The van der Waals surface area contributed by atoms with Gasteiger partial charge < -0.3 is 15.8 Å². The minimum Gasteiger partial charge on any atom is -0.496 e. The lowest BCUT2D eigenvalue weighted by molar-refractivity contribution is -0.115. The predicted molar refractivity (Wildman–Crippen MR) is 123 cm³/mol. The van der Waals surface area contributed by atoms with Crippen molar-refractivity contribution >= 4 is 29.0 Å². The first kappa shape index (κ1) is 20.9. The maximum absolute atomic E-state index is 13.7. The normalized spacial score (nSPS) is 11.2. The molecule has 0 spiro atoms. The molecule has 0 radical (unpaired) electrons. The first-order chi connectivity index (χ1) is 15.5. The van der Waals surface area contributed by atoms with Gasteiger partial charge in [-0.1, -0.05) is 24.3 Å². The zero-order chi connectivity index (χ0) is 22.8. The highest BCUT2D eigenvalue weighted by Gasteiger charge is 2.21. The number of anilines is 1. The molecule has 0 aliphatic rings. The van der Waals surface area contributed by atoms with Crippen LogP contribution in [0.1, 0.15) is 11.1 Å². The summed E-state index contributed by atoms with van der Waals surface area (Å²) in [5, 5.41) is 2.54. The number of benzene rings is 2. The van der Waals surface area contributed by atoms with Crippen molar-refractivity contribution in [3.05, 3.63) is 76.5 Å². The van der Waals surface area contributed by atoms with Crippen molar-refractivity contribution in [3.63, 3.8) is 0 Å². The summed E-state index contributed by atoms with van der Waals surface area (Å²) in [6.45, 7) is 1.92. The molecule has 0 atom stereocenters. The van der Waals surface area contributed by atoms with Gasteiger partial charge in [-0.2, -0.15) is 0 Å². The number of aromatic nitrogens is 4. The maximum Gasteiger partial charge on any atom is 0.339 e. The maximum atomic E-state index is 13.7. The molecule has 2 aromatic carbocycles. The zero-order valence-electron chi connectivity index (χ0n) is 17.9. The Bertz CT molecular complexity index is 1420. The Balaban J connectivity index is 2.04. The summed E-state index contributed by atoms with van der Waals surface area (Å²) < 4.78 is 8.36. The average Bonchev–Trinajstić information content (AvgIpc) is 3.11. The number of imidazole rings is 1. The number of para-hydroxylation sites is 1. The van der Waals surface area contributed by atoms with E-state index in [0.717, 1.165) is 5.56 Å². The molecule has 9 nitrogen and oxygen atoms in total. The fourth-order valence-electron chi connectivity index (χ4n) is 3.53. The topological polar surface area (TPSA) is 117 Å². The summed E-state index contributed by atoms with van der Waals surface area (Å²) in [6, 6.07) is 12.7. The minimum absolute atomic E-state index is 0.170. The number of aryl methyl sites for hydroxylation is 1. The molecule has 0 bridgehead atoms. The molecule has 0 saturated heterocycles. The van der Waals surface area contributed by atoms with Crippen LogP contribution in [0.15, 0.2) is 59.7 Å². The van der Waals surface area contributed by atoms with Crippen LogP contribution in [0.5, 0.6) is 5.75 Å². The lowest BCUT2D eigenvalue weighted by Crippen LogP contribution is -2.23. The monoisotopic (exact) mass is 430 g/mol. The predicted octanol–water partition coefficient (Wildman–Crippen LogP) is 2.23. The van der Waals surface area contributed by atoms with Crippen molar-refractivity contribution in [2.45, 2.75) is 6.92 Å². The number of hydrogen-bond acceptors (Lipinski definition) is 6. The highest BCUT2D eigenvalue weighted by atomic mass is 16.5. The number of methoxy groups -OCH3 is 1. The Morgan fingerprint density at radius 2 is 1.94 bits per heavy atom. The van der Waals surface area contributed by atoms with E-state index >= 15 is 0 Å². The van der Waals surface area contributed by atoms with Crippen LogP contribution in [0.4, 0.5) is 5.82 Å². The van der Waals surface area contributed by atoms with E-state index in [2.05, 4.69) is 15.3 Å². The number of carbonyl (C=O) groups is 1. The van der Waals surface area contributed by atoms with Gasteiger partial charge in [0.1, 0.15) is 17.6 Å². The van der Waals surface area contributed by atoms with Crippen molar-refractivity contribution in [2.75, 3.05) is 19.9 Å². The zero-order valence-corrected chi connectivity index (χ0v) is 17.9. The number of likely N-dealkylation sites (N-methyl/N-ethyl adjacent to an activating group) is 1. The molecule has 4 aromatic rings. The molecule has 0 aliphatic carbocycles. The molecule has 4 rings (SSSR count). The summed E-state index contributed by atoms with van der Waals surface area (Å²) in [5.41, 5.74) is 9.26. The first-order valence-electron chi connectivity index (χ1n) is 9.84. The molecule has 3 N–H and O–H groups in total. The van der Waals surface area contributed by atoms with Gasteiger partial charge in [-0.05, 0) is 36.3 Å². The van der Waals surface area contributed by atoms with Gasteiger partial charge >= 0.3 is 5.69 Å². The molecule has 32 heavy (non-hydrogen) atoms. The summed E-state index contributed by atoms with van der Waals surface area (Å²) in [4.78, 5) is 33.9. The molecule has 0 fully saturated rings. The Morgan fingerprint density at radius 3 is 2.69 bits per heavy atom. The van der Waals surface area contributed by atoms with Gasteiger partial charge in [0, 0.05) is 19.2 Å². The van der Waals surface area contributed by atoms with Crippen LogP contribution in [0.3, 0.4) is 0 Å². The third kappa shape index (κ3) is 3.49. The average molecular weight is 430 g/mol. The number of nitrogen functional groups attached to an aromatic ring is 1. The van der Waals surface area contributed by atoms with Gasteiger partial charge in [0.25, 0.3) is 0 Å². The van der Waals surface area contributed by atoms with E-state index in [1.54, 1.807) is 32.4 Å². The van der Waals surface area contributed by atoms with Gasteiger partial charge in [0.2, 0.25) is 5.91 Å². The largest absolute Gasteiger partial charge is 0.496 e. The highest BCUT2D eigenvalue weighted by Crippen LogP contribution is 2.27. The molecular weight excluding hydrogens is 408 g/mol. The number of hydrogen-bond donors (Lipinski definition) is 2. The minimum atomic E-state index is -0.376. The molecule has 9 heteroatoms.